The number of rotatable bonds is 6. The first-order chi connectivity index (χ1) is 7.38. The van der Waals surface area contributed by atoms with Crippen LogP contribution in [0.15, 0.2) is 18.5 Å². The summed E-state index contributed by atoms with van der Waals surface area (Å²) in [4.78, 5) is 4.19. The van der Waals surface area contributed by atoms with E-state index in [4.69, 9.17) is 0 Å². The molecular formula is C12H19N3. The molecule has 3 heteroatoms. The van der Waals surface area contributed by atoms with Crippen molar-refractivity contribution in [1.82, 2.24) is 4.98 Å². The minimum Gasteiger partial charge on any atom is -0.384 e. The van der Waals surface area contributed by atoms with Crippen LogP contribution in [0.25, 0.3) is 0 Å². The molecule has 1 heterocycles. The van der Waals surface area contributed by atoms with Crippen LogP contribution >= 0.6 is 0 Å². The zero-order valence-electron chi connectivity index (χ0n) is 9.29. The predicted molar refractivity (Wildman–Crippen MR) is 64.2 cm³/mol. The van der Waals surface area contributed by atoms with E-state index in [1.54, 1.807) is 0 Å². The molecule has 0 aromatic carbocycles. The molecule has 2 N–H and O–H groups in total. The lowest BCUT2D eigenvalue weighted by Crippen LogP contribution is -2.04. The number of hydrogen-bond donors (Lipinski definition) is 2. The molecule has 1 aliphatic rings. The molecule has 1 aromatic rings. The number of anilines is 2. The molecule has 0 spiro atoms. The second-order valence-electron chi connectivity index (χ2n) is 4.15. The smallest absolute Gasteiger partial charge is 0.0547 e. The number of pyridine rings is 1. The monoisotopic (exact) mass is 205 g/mol. The Bertz CT molecular complexity index is 307. The van der Waals surface area contributed by atoms with E-state index < -0.39 is 0 Å². The standard InChI is InChI=1S/C12H19N3/c1-2-14-11-7-12(9-13-8-11)15-6-5-10-3-4-10/h7-10,14-15H,2-6H2,1H3. The van der Waals surface area contributed by atoms with E-state index in [1.807, 2.05) is 12.4 Å². The van der Waals surface area contributed by atoms with E-state index in [-0.39, 0.29) is 0 Å². The second-order valence-corrected chi connectivity index (χ2v) is 4.15. The Morgan fingerprint density at radius 1 is 1.27 bits per heavy atom. The fraction of sp³-hybridized carbons (Fsp3) is 0.583. The molecule has 1 aliphatic carbocycles. The zero-order valence-corrected chi connectivity index (χ0v) is 9.29. The summed E-state index contributed by atoms with van der Waals surface area (Å²) >= 11 is 0. The van der Waals surface area contributed by atoms with Crippen molar-refractivity contribution in [2.45, 2.75) is 26.2 Å². The molecule has 82 valence electrons. The molecule has 1 fully saturated rings. The largest absolute Gasteiger partial charge is 0.384 e. The van der Waals surface area contributed by atoms with Crippen molar-refractivity contribution < 1.29 is 0 Å². The van der Waals surface area contributed by atoms with E-state index in [1.165, 1.54) is 19.3 Å². The summed E-state index contributed by atoms with van der Waals surface area (Å²) in [6, 6.07) is 2.11. The van der Waals surface area contributed by atoms with E-state index in [9.17, 15) is 0 Å². The van der Waals surface area contributed by atoms with Crippen LogP contribution in [-0.4, -0.2) is 18.1 Å². The summed E-state index contributed by atoms with van der Waals surface area (Å²) in [6.07, 6.45) is 7.89. The average Bonchev–Trinajstić information content (AvgIpc) is 3.03. The van der Waals surface area contributed by atoms with Gasteiger partial charge >= 0.3 is 0 Å². The fourth-order valence-corrected chi connectivity index (χ4v) is 1.66. The molecule has 3 nitrogen and oxygen atoms in total. The van der Waals surface area contributed by atoms with Crippen LogP contribution in [0.5, 0.6) is 0 Å². The molecule has 0 saturated heterocycles. The zero-order chi connectivity index (χ0) is 10.5. The minimum absolute atomic E-state index is 0.938. The molecule has 0 bridgehead atoms. The van der Waals surface area contributed by atoms with Gasteiger partial charge in [0.1, 0.15) is 0 Å². The predicted octanol–water partition coefficient (Wildman–Crippen LogP) is 2.73. The Hall–Kier alpha value is -1.25. The van der Waals surface area contributed by atoms with Crippen molar-refractivity contribution >= 4 is 11.4 Å². The molecule has 0 aliphatic heterocycles. The normalized spacial score (nSPS) is 15.0. The number of nitrogens with zero attached hydrogens (tertiary/aromatic N) is 1. The second kappa shape index (κ2) is 5.01. The Kier molecular flexibility index (Phi) is 3.43. The van der Waals surface area contributed by atoms with Crippen LogP contribution in [0.1, 0.15) is 26.2 Å². The molecule has 2 rings (SSSR count). The number of nitrogens with one attached hydrogen (secondary N) is 2. The van der Waals surface area contributed by atoms with Crippen LogP contribution < -0.4 is 10.6 Å². The van der Waals surface area contributed by atoms with Gasteiger partial charge in [0.2, 0.25) is 0 Å². The maximum atomic E-state index is 4.19. The highest BCUT2D eigenvalue weighted by Crippen LogP contribution is 2.32. The third kappa shape index (κ3) is 3.42. The summed E-state index contributed by atoms with van der Waals surface area (Å²) in [7, 11) is 0. The van der Waals surface area contributed by atoms with Gasteiger partial charge in [-0.25, -0.2) is 0 Å². The van der Waals surface area contributed by atoms with E-state index >= 15 is 0 Å². The molecule has 0 atom stereocenters. The lowest BCUT2D eigenvalue weighted by molar-refractivity contribution is 0.760. The van der Waals surface area contributed by atoms with Crippen LogP contribution in [-0.2, 0) is 0 Å². The third-order valence-electron chi connectivity index (χ3n) is 2.70. The highest BCUT2D eigenvalue weighted by molar-refractivity contribution is 5.53. The van der Waals surface area contributed by atoms with E-state index in [0.29, 0.717) is 0 Å². The summed E-state index contributed by atoms with van der Waals surface area (Å²) in [6.45, 7) is 4.10. The highest BCUT2D eigenvalue weighted by Gasteiger charge is 2.19. The van der Waals surface area contributed by atoms with Crippen molar-refractivity contribution in [3.8, 4) is 0 Å². The molecule has 0 unspecified atom stereocenters. The van der Waals surface area contributed by atoms with Crippen molar-refractivity contribution in [1.29, 1.82) is 0 Å². The van der Waals surface area contributed by atoms with Crippen LogP contribution in [0.3, 0.4) is 0 Å². The van der Waals surface area contributed by atoms with Gasteiger partial charge in [-0.2, -0.15) is 0 Å². The van der Waals surface area contributed by atoms with Gasteiger partial charge in [-0.1, -0.05) is 12.8 Å². The van der Waals surface area contributed by atoms with Gasteiger partial charge in [0.05, 0.1) is 23.8 Å². The third-order valence-corrected chi connectivity index (χ3v) is 2.70. The molecule has 0 amide bonds. The SMILES string of the molecule is CCNc1cncc(NCCC2CC2)c1. The Labute approximate surface area is 91.3 Å². The van der Waals surface area contributed by atoms with Crippen LogP contribution in [0.2, 0.25) is 0 Å². The van der Waals surface area contributed by atoms with Gasteiger partial charge in [-0.3, -0.25) is 4.98 Å². The lowest BCUT2D eigenvalue weighted by Gasteiger charge is -2.07. The Balaban J connectivity index is 1.80. The first kappa shape index (κ1) is 10.3. The Morgan fingerprint density at radius 3 is 2.67 bits per heavy atom. The van der Waals surface area contributed by atoms with Gasteiger partial charge in [0.25, 0.3) is 0 Å². The van der Waals surface area contributed by atoms with Crippen molar-refractivity contribution in [2.24, 2.45) is 5.92 Å². The summed E-state index contributed by atoms with van der Waals surface area (Å²) in [5.74, 6) is 0.988. The Morgan fingerprint density at radius 2 is 2.00 bits per heavy atom. The highest BCUT2D eigenvalue weighted by atomic mass is 14.9. The lowest BCUT2D eigenvalue weighted by atomic mass is 10.3. The molecule has 1 saturated carbocycles. The van der Waals surface area contributed by atoms with Crippen molar-refractivity contribution in [2.75, 3.05) is 23.7 Å². The van der Waals surface area contributed by atoms with Crippen LogP contribution in [0.4, 0.5) is 11.4 Å². The summed E-state index contributed by atoms with van der Waals surface area (Å²) in [5.41, 5.74) is 2.21. The fourth-order valence-electron chi connectivity index (χ4n) is 1.66. The molecular weight excluding hydrogens is 186 g/mol. The van der Waals surface area contributed by atoms with E-state index in [0.717, 1.165) is 30.4 Å². The summed E-state index contributed by atoms with van der Waals surface area (Å²) in [5, 5.41) is 6.67. The number of aromatic nitrogens is 1. The van der Waals surface area contributed by atoms with Crippen LogP contribution in [0, 0.1) is 5.92 Å². The first-order valence-electron chi connectivity index (χ1n) is 5.81. The minimum atomic E-state index is 0.938. The van der Waals surface area contributed by atoms with Crippen molar-refractivity contribution in [3.63, 3.8) is 0 Å². The first-order valence-corrected chi connectivity index (χ1v) is 5.81. The maximum absolute atomic E-state index is 4.19. The molecule has 1 aromatic heterocycles. The van der Waals surface area contributed by atoms with Crippen molar-refractivity contribution in [3.05, 3.63) is 18.5 Å². The average molecular weight is 205 g/mol. The van der Waals surface area contributed by atoms with Gasteiger partial charge in [0.15, 0.2) is 0 Å². The molecule has 15 heavy (non-hydrogen) atoms. The molecule has 0 radical (unpaired) electrons. The van der Waals surface area contributed by atoms with Gasteiger partial charge in [0, 0.05) is 13.1 Å². The topological polar surface area (TPSA) is 37.0 Å². The quantitative estimate of drug-likeness (QED) is 0.749. The van der Waals surface area contributed by atoms with E-state index in [2.05, 4.69) is 28.6 Å². The summed E-state index contributed by atoms with van der Waals surface area (Å²) < 4.78 is 0. The maximum Gasteiger partial charge on any atom is 0.0547 e. The van der Waals surface area contributed by atoms with Gasteiger partial charge in [-0.05, 0) is 25.3 Å². The number of hydrogen-bond acceptors (Lipinski definition) is 3. The van der Waals surface area contributed by atoms with Gasteiger partial charge < -0.3 is 10.6 Å². The van der Waals surface area contributed by atoms with Gasteiger partial charge in [-0.15, -0.1) is 0 Å².